The molecule has 0 saturated carbocycles. The molecule has 14 heteroatoms. The Morgan fingerprint density at radius 3 is 2.27 bits per heavy atom. The number of rotatable bonds is 7. The Labute approximate surface area is 244 Å². The molecule has 2 aromatic rings. The first kappa shape index (κ1) is 31.8. The minimum absolute atomic E-state index is 0. The molecule has 1 saturated heterocycles. The van der Waals surface area contributed by atoms with E-state index in [-0.39, 0.29) is 55.7 Å². The van der Waals surface area contributed by atoms with E-state index >= 15 is 0 Å². The van der Waals surface area contributed by atoms with Gasteiger partial charge in [-0.1, -0.05) is 0 Å². The monoisotopic (exact) mass is 614 g/mol. The van der Waals surface area contributed by atoms with Crippen LogP contribution in [0, 0.1) is 0 Å². The third-order valence-corrected chi connectivity index (χ3v) is 10.00. The maximum Gasteiger partial charge on any atom is 0.409 e. The van der Waals surface area contributed by atoms with Gasteiger partial charge in [-0.05, 0) is 57.0 Å². The summed E-state index contributed by atoms with van der Waals surface area (Å²) in [6, 6.07) is 6.04. The number of carbonyl (C=O) groups is 3. The predicted octanol–water partition coefficient (Wildman–Crippen LogP) is 3.44. The van der Waals surface area contributed by atoms with Gasteiger partial charge in [0.1, 0.15) is 5.00 Å². The van der Waals surface area contributed by atoms with Crippen LogP contribution in [-0.2, 0) is 32.5 Å². The van der Waals surface area contributed by atoms with Crippen LogP contribution in [0.2, 0.25) is 0 Å². The lowest BCUT2D eigenvalue weighted by atomic mass is 10.0. The average molecular weight is 615 g/mol. The molecule has 40 heavy (non-hydrogen) atoms. The third-order valence-electron chi connectivity index (χ3n) is 6.95. The Morgan fingerprint density at radius 1 is 1.05 bits per heavy atom. The highest BCUT2D eigenvalue weighted by Crippen LogP contribution is 2.38. The second-order valence-corrected chi connectivity index (χ2v) is 12.6. The van der Waals surface area contributed by atoms with E-state index in [1.165, 1.54) is 51.9 Å². The number of anilines is 1. The minimum Gasteiger partial charge on any atom is -0.465 e. The number of nitrogens with one attached hydrogen (secondary N) is 1. The van der Waals surface area contributed by atoms with Crippen LogP contribution in [-0.4, -0.2) is 93.0 Å². The number of thiophene rings is 1. The van der Waals surface area contributed by atoms with Crippen molar-refractivity contribution >= 4 is 56.7 Å². The molecule has 1 aromatic heterocycles. The van der Waals surface area contributed by atoms with Crippen molar-refractivity contribution in [1.29, 1.82) is 0 Å². The quantitative estimate of drug-likeness (QED) is 0.470. The summed E-state index contributed by atoms with van der Waals surface area (Å²) < 4.78 is 37.6. The van der Waals surface area contributed by atoms with E-state index in [9.17, 15) is 22.8 Å². The van der Waals surface area contributed by atoms with Gasteiger partial charge in [0.15, 0.2) is 0 Å². The molecule has 0 unspecified atom stereocenters. The van der Waals surface area contributed by atoms with Gasteiger partial charge < -0.3 is 19.7 Å². The summed E-state index contributed by atoms with van der Waals surface area (Å²) in [5, 5.41) is 3.27. The van der Waals surface area contributed by atoms with E-state index in [0.29, 0.717) is 29.6 Å². The van der Waals surface area contributed by atoms with Gasteiger partial charge in [0.2, 0.25) is 10.0 Å². The summed E-state index contributed by atoms with van der Waals surface area (Å²) in [4.78, 5) is 42.5. The van der Waals surface area contributed by atoms with Gasteiger partial charge in [-0.2, -0.15) is 4.31 Å². The highest BCUT2D eigenvalue weighted by molar-refractivity contribution is 7.89. The molecule has 1 fully saturated rings. The summed E-state index contributed by atoms with van der Waals surface area (Å²) in [6.45, 7) is 8.49. The molecule has 11 nitrogen and oxygen atoms in total. The van der Waals surface area contributed by atoms with Gasteiger partial charge in [0, 0.05) is 55.8 Å². The molecule has 0 bridgehead atoms. The van der Waals surface area contributed by atoms with Crippen LogP contribution in [0.4, 0.5) is 9.80 Å². The normalized spacial score (nSPS) is 16.2. The molecule has 0 atom stereocenters. The standard InChI is InChI=1S/C26H34N4O7S2.ClH/c1-5-37-26(33)28-12-14-30(15-13-28)39(34,35)19-8-6-18(7-9-19)23(31)27-24-22(25(32)36-4)20-10-11-29(17(2)3)16-21(20)38-24;/h6-9,17H,5,10-16H2,1-4H3,(H,27,31);1H. The molecular formula is C26H35ClN4O7S2. The predicted molar refractivity (Wildman–Crippen MR) is 154 cm³/mol. The smallest absolute Gasteiger partial charge is 0.409 e. The van der Waals surface area contributed by atoms with E-state index in [2.05, 4.69) is 24.1 Å². The number of fused-ring (bicyclic) bond motifs is 1. The molecule has 1 N–H and O–H groups in total. The molecule has 2 aliphatic rings. The number of ether oxygens (including phenoxy) is 2. The maximum absolute atomic E-state index is 13.1. The van der Waals surface area contributed by atoms with Crippen molar-refractivity contribution in [3.8, 4) is 0 Å². The fourth-order valence-corrected chi connectivity index (χ4v) is 7.38. The number of carbonyl (C=O) groups excluding carboxylic acids is 3. The Bertz CT molecular complexity index is 1340. The van der Waals surface area contributed by atoms with Gasteiger partial charge in [0.05, 0.1) is 24.2 Å². The molecule has 4 rings (SSSR count). The first-order valence-corrected chi connectivity index (χ1v) is 15.1. The summed E-state index contributed by atoms with van der Waals surface area (Å²) in [5.41, 5.74) is 1.55. The largest absolute Gasteiger partial charge is 0.465 e. The van der Waals surface area contributed by atoms with Crippen LogP contribution in [0.15, 0.2) is 29.2 Å². The van der Waals surface area contributed by atoms with Crippen LogP contribution in [0.1, 0.15) is 51.9 Å². The highest BCUT2D eigenvalue weighted by Gasteiger charge is 2.32. The van der Waals surface area contributed by atoms with Gasteiger partial charge >= 0.3 is 12.1 Å². The fourth-order valence-electron chi connectivity index (χ4n) is 4.70. The summed E-state index contributed by atoms with van der Waals surface area (Å²) in [5.74, 6) is -0.947. The number of amides is 2. The number of sulfonamides is 1. The lowest BCUT2D eigenvalue weighted by Crippen LogP contribution is -2.50. The van der Waals surface area contributed by atoms with Crippen molar-refractivity contribution < 1.29 is 32.3 Å². The van der Waals surface area contributed by atoms with Crippen LogP contribution >= 0.6 is 23.7 Å². The fraction of sp³-hybridized carbons (Fsp3) is 0.500. The maximum atomic E-state index is 13.1. The molecule has 3 heterocycles. The number of methoxy groups -OCH3 is 1. The van der Waals surface area contributed by atoms with Gasteiger partial charge in [-0.3, -0.25) is 9.69 Å². The van der Waals surface area contributed by atoms with Crippen molar-refractivity contribution in [2.24, 2.45) is 0 Å². The summed E-state index contributed by atoms with van der Waals surface area (Å²) in [7, 11) is -2.48. The van der Waals surface area contributed by atoms with Crippen LogP contribution in [0.5, 0.6) is 0 Å². The van der Waals surface area contributed by atoms with Crippen molar-refractivity contribution in [3.05, 3.63) is 45.8 Å². The SMILES string of the molecule is CCOC(=O)N1CCN(S(=O)(=O)c2ccc(C(=O)Nc3sc4c(c3C(=O)OC)CCN(C(C)C)C4)cc2)CC1.Cl. The number of halogens is 1. The van der Waals surface area contributed by atoms with Crippen molar-refractivity contribution in [2.45, 2.75) is 44.7 Å². The van der Waals surface area contributed by atoms with Gasteiger partial charge in [0.25, 0.3) is 5.91 Å². The molecule has 2 aliphatic heterocycles. The molecule has 1 aromatic carbocycles. The lowest BCUT2D eigenvalue weighted by Gasteiger charge is -2.33. The Balaban J connectivity index is 0.00000441. The second-order valence-electron chi connectivity index (χ2n) is 9.58. The van der Waals surface area contributed by atoms with Crippen molar-refractivity contribution in [3.63, 3.8) is 0 Å². The van der Waals surface area contributed by atoms with E-state index < -0.39 is 28.0 Å². The number of benzene rings is 1. The molecule has 0 aliphatic carbocycles. The number of nitrogens with zero attached hydrogens (tertiary/aromatic N) is 3. The highest BCUT2D eigenvalue weighted by atomic mass is 35.5. The lowest BCUT2D eigenvalue weighted by molar-refractivity contribution is 0.0600. The molecule has 220 valence electrons. The number of piperazine rings is 1. The first-order chi connectivity index (χ1) is 18.6. The molecular weight excluding hydrogens is 580 g/mol. The van der Waals surface area contributed by atoms with Gasteiger partial charge in [-0.25, -0.2) is 18.0 Å². The van der Waals surface area contributed by atoms with Crippen LogP contribution < -0.4 is 5.32 Å². The average Bonchev–Trinajstić information content (AvgIpc) is 3.29. The van der Waals surface area contributed by atoms with E-state index in [0.717, 1.165) is 17.0 Å². The first-order valence-electron chi connectivity index (χ1n) is 12.9. The van der Waals surface area contributed by atoms with E-state index in [1.54, 1.807) is 6.92 Å². The topological polar surface area (TPSA) is 126 Å². The number of esters is 1. The Morgan fingerprint density at radius 2 is 1.70 bits per heavy atom. The Kier molecular flexibility index (Phi) is 10.6. The molecule has 0 radical (unpaired) electrons. The van der Waals surface area contributed by atoms with Crippen molar-refractivity contribution in [1.82, 2.24) is 14.1 Å². The van der Waals surface area contributed by atoms with Gasteiger partial charge in [-0.15, -0.1) is 23.7 Å². The zero-order valence-electron chi connectivity index (χ0n) is 23.0. The number of hydrogen-bond acceptors (Lipinski definition) is 9. The minimum atomic E-state index is -3.80. The van der Waals surface area contributed by atoms with Crippen molar-refractivity contribution in [2.75, 3.05) is 51.8 Å². The summed E-state index contributed by atoms with van der Waals surface area (Å²) >= 11 is 1.37. The van der Waals surface area contributed by atoms with Crippen LogP contribution in [0.25, 0.3) is 0 Å². The third kappa shape index (κ3) is 6.60. The van der Waals surface area contributed by atoms with E-state index in [1.807, 2.05) is 0 Å². The molecule has 2 amide bonds. The second kappa shape index (κ2) is 13.3. The zero-order chi connectivity index (χ0) is 28.3. The molecule has 0 spiro atoms. The van der Waals surface area contributed by atoms with Crippen LogP contribution in [0.3, 0.4) is 0 Å². The number of hydrogen-bond donors (Lipinski definition) is 1. The Hall–Kier alpha value is -2.71. The van der Waals surface area contributed by atoms with E-state index in [4.69, 9.17) is 9.47 Å². The summed E-state index contributed by atoms with van der Waals surface area (Å²) in [6.07, 6.45) is 0.231. The zero-order valence-corrected chi connectivity index (χ0v) is 25.4.